The molecule has 0 saturated carbocycles. The van der Waals surface area contributed by atoms with E-state index in [1.807, 2.05) is 13.8 Å². The summed E-state index contributed by atoms with van der Waals surface area (Å²) in [5.41, 5.74) is -0.897. The fourth-order valence-corrected chi connectivity index (χ4v) is 2.62. The van der Waals surface area contributed by atoms with Gasteiger partial charge < -0.3 is 20.2 Å². The Morgan fingerprint density at radius 1 is 1.24 bits per heavy atom. The molecule has 0 bridgehead atoms. The molecule has 1 saturated heterocycles. The minimum Gasteiger partial charge on any atom is -0.481 e. The van der Waals surface area contributed by atoms with Gasteiger partial charge in [-0.15, -0.1) is 0 Å². The van der Waals surface area contributed by atoms with Crippen molar-refractivity contribution >= 4 is 17.9 Å². The summed E-state index contributed by atoms with van der Waals surface area (Å²) in [7, 11) is 3.24. The van der Waals surface area contributed by atoms with Crippen LogP contribution in [-0.2, 0) is 9.59 Å². The summed E-state index contributed by atoms with van der Waals surface area (Å²) in [6, 6.07) is -1.02. The Morgan fingerprint density at radius 2 is 1.81 bits per heavy atom. The average Bonchev–Trinajstić information content (AvgIpc) is 2.83. The number of carbonyl (C=O) groups excluding carboxylic acids is 2. The third kappa shape index (κ3) is 3.46. The second-order valence-corrected chi connectivity index (χ2v) is 6.19. The van der Waals surface area contributed by atoms with E-state index in [9.17, 15) is 19.5 Å². The van der Waals surface area contributed by atoms with E-state index in [2.05, 4.69) is 5.32 Å². The number of carboxylic acids is 1. The third-order valence-electron chi connectivity index (χ3n) is 4.27. The lowest BCUT2D eigenvalue weighted by Crippen LogP contribution is -2.50. The molecule has 2 atom stereocenters. The highest BCUT2D eigenvalue weighted by molar-refractivity contribution is 5.87. The molecule has 120 valence electrons. The molecule has 21 heavy (non-hydrogen) atoms. The fraction of sp³-hybridized carbons (Fsp3) is 0.786. The van der Waals surface area contributed by atoms with E-state index in [0.717, 1.165) is 0 Å². The number of likely N-dealkylation sites (tertiary alicyclic amines) is 1. The first kappa shape index (κ1) is 17.3. The molecule has 2 N–H and O–H groups in total. The van der Waals surface area contributed by atoms with Crippen LogP contribution in [0.25, 0.3) is 0 Å². The van der Waals surface area contributed by atoms with E-state index >= 15 is 0 Å². The van der Waals surface area contributed by atoms with Gasteiger partial charge in [-0.2, -0.15) is 0 Å². The Bertz CT molecular complexity index is 436. The molecule has 0 aromatic rings. The monoisotopic (exact) mass is 299 g/mol. The van der Waals surface area contributed by atoms with Crippen LogP contribution >= 0.6 is 0 Å². The summed E-state index contributed by atoms with van der Waals surface area (Å²) in [6.07, 6.45) is 0.434. The van der Waals surface area contributed by atoms with E-state index < -0.39 is 17.4 Å². The first-order valence-electron chi connectivity index (χ1n) is 7.12. The molecular weight excluding hydrogens is 274 g/mol. The Hall–Kier alpha value is -1.79. The summed E-state index contributed by atoms with van der Waals surface area (Å²) >= 11 is 0. The van der Waals surface area contributed by atoms with Crippen molar-refractivity contribution in [2.75, 3.05) is 27.2 Å². The number of likely N-dealkylation sites (N-methyl/N-ethyl adjacent to an activating group) is 1. The van der Waals surface area contributed by atoms with Crippen LogP contribution in [0.2, 0.25) is 0 Å². The third-order valence-corrected chi connectivity index (χ3v) is 4.27. The van der Waals surface area contributed by atoms with Gasteiger partial charge >= 0.3 is 12.0 Å². The van der Waals surface area contributed by atoms with E-state index in [1.54, 1.807) is 21.0 Å². The zero-order chi connectivity index (χ0) is 16.4. The van der Waals surface area contributed by atoms with Crippen LogP contribution in [0, 0.1) is 11.3 Å². The van der Waals surface area contributed by atoms with Gasteiger partial charge in [-0.3, -0.25) is 9.59 Å². The maximum Gasteiger partial charge on any atom is 0.318 e. The molecular formula is C14H25N3O4. The van der Waals surface area contributed by atoms with Crippen LogP contribution in [0.1, 0.15) is 27.2 Å². The molecule has 0 aromatic carbocycles. The van der Waals surface area contributed by atoms with Gasteiger partial charge in [-0.05, 0) is 19.3 Å². The predicted octanol–water partition coefficient (Wildman–Crippen LogP) is 0.605. The SMILES string of the molecule is CC(NC(=O)N1CCC(C(=O)O)(C(C)C)C1)C(=O)N(C)C. The summed E-state index contributed by atoms with van der Waals surface area (Å²) in [6.45, 7) is 5.89. The Kier molecular flexibility index (Phi) is 5.20. The summed E-state index contributed by atoms with van der Waals surface area (Å²) in [5.74, 6) is -1.13. The van der Waals surface area contributed by atoms with Gasteiger partial charge in [0.05, 0.1) is 5.41 Å². The van der Waals surface area contributed by atoms with Crippen LogP contribution in [0.5, 0.6) is 0 Å². The molecule has 1 fully saturated rings. The zero-order valence-electron chi connectivity index (χ0n) is 13.3. The Morgan fingerprint density at radius 3 is 2.19 bits per heavy atom. The topological polar surface area (TPSA) is 90.0 Å². The molecule has 1 aliphatic rings. The highest BCUT2D eigenvalue weighted by atomic mass is 16.4. The minimum absolute atomic E-state index is 0.0615. The van der Waals surface area contributed by atoms with Crippen LogP contribution in [0.3, 0.4) is 0 Å². The Balaban J connectivity index is 2.70. The largest absolute Gasteiger partial charge is 0.481 e. The fourth-order valence-electron chi connectivity index (χ4n) is 2.62. The second kappa shape index (κ2) is 6.32. The van der Waals surface area contributed by atoms with E-state index in [4.69, 9.17) is 0 Å². The van der Waals surface area contributed by atoms with Crippen molar-refractivity contribution in [1.82, 2.24) is 15.1 Å². The van der Waals surface area contributed by atoms with Crippen molar-refractivity contribution in [1.29, 1.82) is 0 Å². The van der Waals surface area contributed by atoms with E-state index in [1.165, 1.54) is 9.80 Å². The highest BCUT2D eigenvalue weighted by Gasteiger charge is 2.48. The number of aliphatic carboxylic acids is 1. The molecule has 0 radical (unpaired) electrons. The molecule has 0 aromatic heterocycles. The van der Waals surface area contributed by atoms with Crippen molar-refractivity contribution in [2.24, 2.45) is 11.3 Å². The molecule has 0 spiro atoms. The summed E-state index contributed by atoms with van der Waals surface area (Å²) in [5, 5.41) is 12.1. The number of carboxylic acid groups (broad SMARTS) is 1. The first-order chi connectivity index (χ1) is 9.61. The number of nitrogens with zero attached hydrogens (tertiary/aromatic N) is 2. The number of hydrogen-bond acceptors (Lipinski definition) is 3. The van der Waals surface area contributed by atoms with Gasteiger partial charge in [0.15, 0.2) is 0 Å². The normalized spacial score (nSPS) is 23.0. The predicted molar refractivity (Wildman–Crippen MR) is 77.8 cm³/mol. The number of amides is 3. The van der Waals surface area contributed by atoms with Crippen LogP contribution in [-0.4, -0.2) is 66.0 Å². The van der Waals surface area contributed by atoms with Gasteiger partial charge in [0, 0.05) is 27.2 Å². The number of nitrogens with one attached hydrogen (secondary N) is 1. The summed E-state index contributed by atoms with van der Waals surface area (Å²) < 4.78 is 0. The lowest BCUT2D eigenvalue weighted by Gasteiger charge is -2.29. The van der Waals surface area contributed by atoms with Crippen molar-refractivity contribution in [3.8, 4) is 0 Å². The lowest BCUT2D eigenvalue weighted by molar-refractivity contribution is -0.150. The van der Waals surface area contributed by atoms with Crippen LogP contribution < -0.4 is 5.32 Å². The van der Waals surface area contributed by atoms with Crippen molar-refractivity contribution in [3.05, 3.63) is 0 Å². The highest BCUT2D eigenvalue weighted by Crippen LogP contribution is 2.38. The lowest BCUT2D eigenvalue weighted by atomic mass is 9.76. The van der Waals surface area contributed by atoms with Crippen LogP contribution in [0.4, 0.5) is 4.79 Å². The van der Waals surface area contributed by atoms with E-state index in [0.29, 0.717) is 13.0 Å². The van der Waals surface area contributed by atoms with Crippen LogP contribution in [0.15, 0.2) is 0 Å². The number of hydrogen-bond donors (Lipinski definition) is 2. The molecule has 2 unspecified atom stereocenters. The van der Waals surface area contributed by atoms with Gasteiger partial charge in [0.25, 0.3) is 0 Å². The number of carbonyl (C=O) groups is 3. The quantitative estimate of drug-likeness (QED) is 0.795. The minimum atomic E-state index is -0.897. The average molecular weight is 299 g/mol. The smallest absolute Gasteiger partial charge is 0.318 e. The van der Waals surface area contributed by atoms with E-state index in [-0.39, 0.29) is 24.4 Å². The first-order valence-corrected chi connectivity index (χ1v) is 7.12. The summed E-state index contributed by atoms with van der Waals surface area (Å²) in [4.78, 5) is 38.3. The number of urea groups is 1. The molecule has 1 heterocycles. The Labute approximate surface area is 125 Å². The molecule has 1 rings (SSSR count). The maximum atomic E-state index is 12.2. The van der Waals surface area contributed by atoms with Crippen molar-refractivity contribution < 1.29 is 19.5 Å². The second-order valence-electron chi connectivity index (χ2n) is 6.19. The molecule has 0 aliphatic carbocycles. The maximum absolute atomic E-state index is 12.2. The number of rotatable bonds is 4. The zero-order valence-corrected chi connectivity index (χ0v) is 13.3. The van der Waals surface area contributed by atoms with Gasteiger partial charge in [0.1, 0.15) is 6.04 Å². The molecule has 7 nitrogen and oxygen atoms in total. The van der Waals surface area contributed by atoms with Gasteiger partial charge in [0.2, 0.25) is 5.91 Å². The van der Waals surface area contributed by atoms with Gasteiger partial charge in [-0.1, -0.05) is 13.8 Å². The molecule has 3 amide bonds. The standard InChI is InChI=1S/C14H25N3O4/c1-9(2)14(12(19)20)6-7-17(8-14)13(21)15-10(3)11(18)16(4)5/h9-10H,6-8H2,1-5H3,(H,15,21)(H,19,20). The van der Waals surface area contributed by atoms with Crippen molar-refractivity contribution in [3.63, 3.8) is 0 Å². The molecule has 1 aliphatic heterocycles. The molecule has 7 heteroatoms. The van der Waals surface area contributed by atoms with Gasteiger partial charge in [-0.25, -0.2) is 4.79 Å². The van der Waals surface area contributed by atoms with Crippen molar-refractivity contribution in [2.45, 2.75) is 33.2 Å².